The van der Waals surface area contributed by atoms with Crippen molar-refractivity contribution in [3.05, 3.63) is 25.3 Å². The predicted molar refractivity (Wildman–Crippen MR) is 81.7 cm³/mol. The number of hydrogen-bond acceptors (Lipinski definition) is 4. The van der Waals surface area contributed by atoms with Gasteiger partial charge in [-0.05, 0) is 42.9 Å². The van der Waals surface area contributed by atoms with Crippen molar-refractivity contribution in [1.82, 2.24) is 0 Å². The van der Waals surface area contributed by atoms with Crippen molar-refractivity contribution >= 4 is 11.9 Å². The van der Waals surface area contributed by atoms with Crippen LogP contribution in [0, 0.1) is 35.5 Å². The van der Waals surface area contributed by atoms with E-state index in [4.69, 9.17) is 9.47 Å². The van der Waals surface area contributed by atoms with Crippen molar-refractivity contribution in [1.29, 1.82) is 0 Å². The van der Waals surface area contributed by atoms with Gasteiger partial charge in [0.05, 0.1) is 13.2 Å². The van der Waals surface area contributed by atoms with Gasteiger partial charge < -0.3 is 9.47 Å². The molecule has 4 unspecified atom stereocenters. The first-order valence-corrected chi connectivity index (χ1v) is 8.24. The Morgan fingerprint density at radius 1 is 0.864 bits per heavy atom. The summed E-state index contributed by atoms with van der Waals surface area (Å²) in [6.45, 7) is 7.73. The molecule has 3 saturated carbocycles. The van der Waals surface area contributed by atoms with E-state index in [9.17, 15) is 9.59 Å². The summed E-state index contributed by atoms with van der Waals surface area (Å²) in [7, 11) is 0. The predicted octanol–water partition coefficient (Wildman–Crippen LogP) is 2.74. The molecule has 22 heavy (non-hydrogen) atoms. The van der Waals surface area contributed by atoms with Gasteiger partial charge in [0.15, 0.2) is 0 Å². The van der Waals surface area contributed by atoms with Crippen LogP contribution in [0.4, 0.5) is 0 Å². The highest BCUT2D eigenvalue weighted by Crippen LogP contribution is 2.63. The van der Waals surface area contributed by atoms with Crippen LogP contribution in [-0.2, 0) is 19.1 Å². The van der Waals surface area contributed by atoms with Crippen LogP contribution in [-0.4, -0.2) is 25.2 Å². The number of carbonyl (C=O) groups is 2. The van der Waals surface area contributed by atoms with Crippen LogP contribution in [0.3, 0.4) is 0 Å². The number of hydrogen-bond donors (Lipinski definition) is 0. The van der Waals surface area contributed by atoms with Crippen molar-refractivity contribution in [2.75, 3.05) is 13.2 Å². The lowest BCUT2D eigenvalue weighted by Crippen LogP contribution is -2.38. The first kappa shape index (κ1) is 15.3. The lowest BCUT2D eigenvalue weighted by Gasteiger charge is -2.37. The Balaban J connectivity index is 1.69. The smallest absolute Gasteiger partial charge is 0.330 e. The maximum atomic E-state index is 11.4. The molecule has 4 nitrogen and oxygen atoms in total. The third-order valence-corrected chi connectivity index (χ3v) is 6.09. The summed E-state index contributed by atoms with van der Waals surface area (Å²) in [4.78, 5) is 22.8. The van der Waals surface area contributed by atoms with Crippen LogP contribution in [0.5, 0.6) is 0 Å². The fraction of sp³-hybridized carbons (Fsp3) is 0.667. The van der Waals surface area contributed by atoms with Crippen LogP contribution in [0.25, 0.3) is 0 Å². The molecule has 3 rings (SSSR count). The number of ether oxygens (including phenoxy) is 2. The minimum Gasteiger partial charge on any atom is -0.462 e. The molecule has 0 heterocycles. The fourth-order valence-corrected chi connectivity index (χ4v) is 5.33. The first-order chi connectivity index (χ1) is 10.7. The molecule has 0 saturated heterocycles. The Kier molecular flexibility index (Phi) is 4.37. The molecule has 0 radical (unpaired) electrons. The molecule has 0 spiro atoms. The van der Waals surface area contributed by atoms with Gasteiger partial charge in [-0.3, -0.25) is 0 Å². The summed E-state index contributed by atoms with van der Waals surface area (Å²) >= 11 is 0. The number of carbonyl (C=O) groups excluding carboxylic acids is 2. The lowest BCUT2D eigenvalue weighted by atomic mass is 9.70. The molecule has 3 aliphatic carbocycles. The average Bonchev–Trinajstić information content (AvgIpc) is 3.21. The Bertz CT molecular complexity index is 441. The van der Waals surface area contributed by atoms with E-state index in [1.807, 2.05) is 0 Å². The molecular weight excluding hydrogens is 280 g/mol. The molecular formula is C18H24O4. The SMILES string of the molecule is C=CC(=O)OCC1C(COC(=O)C=C)[C@H]2C[C@@H]1C1CCCC12. The standard InChI is InChI=1S/C18H24O4/c1-3-17(19)21-9-15-13-8-14(12-7-5-6-11(12)13)16(15)10-22-18(20)4-2/h3-4,11-16H,1-2,5-10H2/t11?,12?,13-,14+,15?,16?. The van der Waals surface area contributed by atoms with Gasteiger partial charge in [0.1, 0.15) is 0 Å². The number of rotatable bonds is 6. The van der Waals surface area contributed by atoms with E-state index in [1.54, 1.807) is 0 Å². The maximum Gasteiger partial charge on any atom is 0.330 e. The molecule has 120 valence electrons. The van der Waals surface area contributed by atoms with Crippen LogP contribution >= 0.6 is 0 Å². The highest BCUT2D eigenvalue weighted by atomic mass is 16.5. The molecule has 4 heteroatoms. The van der Waals surface area contributed by atoms with Gasteiger partial charge in [-0.25, -0.2) is 9.59 Å². The summed E-state index contributed by atoms with van der Waals surface area (Å²) in [6, 6.07) is 0. The minimum atomic E-state index is -0.368. The van der Waals surface area contributed by atoms with Crippen molar-refractivity contribution < 1.29 is 19.1 Å². The van der Waals surface area contributed by atoms with Crippen LogP contribution in [0.15, 0.2) is 25.3 Å². The molecule has 3 fully saturated rings. The van der Waals surface area contributed by atoms with Gasteiger partial charge in [-0.15, -0.1) is 0 Å². The number of fused-ring (bicyclic) bond motifs is 5. The van der Waals surface area contributed by atoms with Crippen molar-refractivity contribution in [2.24, 2.45) is 35.5 Å². The third kappa shape index (κ3) is 2.59. The van der Waals surface area contributed by atoms with Gasteiger partial charge in [0.25, 0.3) is 0 Å². The topological polar surface area (TPSA) is 52.6 Å². The lowest BCUT2D eigenvalue weighted by molar-refractivity contribution is -0.145. The third-order valence-electron chi connectivity index (χ3n) is 6.09. The minimum absolute atomic E-state index is 0.311. The van der Waals surface area contributed by atoms with E-state index in [1.165, 1.54) is 37.8 Å². The maximum absolute atomic E-state index is 11.4. The van der Waals surface area contributed by atoms with Gasteiger partial charge in [-0.2, -0.15) is 0 Å². The van der Waals surface area contributed by atoms with Crippen LogP contribution < -0.4 is 0 Å². The molecule has 2 bridgehead atoms. The highest BCUT2D eigenvalue weighted by Gasteiger charge is 2.59. The summed E-state index contributed by atoms with van der Waals surface area (Å²) in [6.07, 6.45) is 7.52. The first-order valence-electron chi connectivity index (χ1n) is 8.24. The summed E-state index contributed by atoms with van der Waals surface area (Å²) in [5, 5.41) is 0. The Morgan fingerprint density at radius 3 is 1.73 bits per heavy atom. The van der Waals surface area contributed by atoms with Crippen LogP contribution in [0.2, 0.25) is 0 Å². The molecule has 0 N–H and O–H groups in total. The summed E-state index contributed by atoms with van der Waals surface area (Å²) in [5.41, 5.74) is 0. The van der Waals surface area contributed by atoms with E-state index in [0.29, 0.717) is 36.9 Å². The quantitative estimate of drug-likeness (QED) is 0.559. The molecule has 0 aromatic heterocycles. The number of esters is 2. The summed E-state index contributed by atoms with van der Waals surface area (Å²) < 4.78 is 10.6. The summed E-state index contributed by atoms with van der Waals surface area (Å²) in [5.74, 6) is 2.68. The second-order valence-electron chi connectivity index (χ2n) is 6.82. The Labute approximate surface area is 131 Å². The van der Waals surface area contributed by atoms with E-state index in [-0.39, 0.29) is 11.9 Å². The molecule has 0 amide bonds. The molecule has 0 aromatic carbocycles. The average molecular weight is 304 g/mol. The monoisotopic (exact) mass is 304 g/mol. The molecule has 0 aliphatic heterocycles. The van der Waals surface area contributed by atoms with Gasteiger partial charge in [-0.1, -0.05) is 19.6 Å². The second kappa shape index (κ2) is 6.27. The van der Waals surface area contributed by atoms with Crippen molar-refractivity contribution in [2.45, 2.75) is 25.7 Å². The second-order valence-corrected chi connectivity index (χ2v) is 6.82. The van der Waals surface area contributed by atoms with Crippen LogP contribution in [0.1, 0.15) is 25.7 Å². The molecule has 6 atom stereocenters. The van der Waals surface area contributed by atoms with E-state index >= 15 is 0 Å². The van der Waals surface area contributed by atoms with Gasteiger partial charge >= 0.3 is 11.9 Å². The van der Waals surface area contributed by atoms with E-state index in [2.05, 4.69) is 13.2 Å². The normalized spacial score (nSPS) is 38.4. The Hall–Kier alpha value is -1.58. The largest absolute Gasteiger partial charge is 0.462 e. The molecule has 3 aliphatic rings. The zero-order chi connectivity index (χ0) is 15.7. The Morgan fingerprint density at radius 2 is 1.32 bits per heavy atom. The highest BCUT2D eigenvalue weighted by molar-refractivity contribution is 5.81. The van der Waals surface area contributed by atoms with Crippen molar-refractivity contribution in [3.63, 3.8) is 0 Å². The van der Waals surface area contributed by atoms with E-state index < -0.39 is 0 Å². The van der Waals surface area contributed by atoms with Gasteiger partial charge in [0.2, 0.25) is 0 Å². The zero-order valence-electron chi connectivity index (χ0n) is 12.9. The fourth-order valence-electron chi connectivity index (χ4n) is 5.33. The molecule has 0 aromatic rings. The zero-order valence-corrected chi connectivity index (χ0v) is 12.9. The van der Waals surface area contributed by atoms with E-state index in [0.717, 1.165) is 11.8 Å². The van der Waals surface area contributed by atoms with Gasteiger partial charge in [0, 0.05) is 24.0 Å². The van der Waals surface area contributed by atoms with Crippen molar-refractivity contribution in [3.8, 4) is 0 Å².